The molecule has 35 heavy (non-hydrogen) atoms. The molecule has 0 spiro atoms. The quantitative estimate of drug-likeness (QED) is 0.434. The average Bonchev–Trinajstić information content (AvgIpc) is 3.24. The molecule has 1 aliphatic heterocycles. The highest BCUT2D eigenvalue weighted by atomic mass is 35.5. The molecular weight excluding hydrogens is 473 g/mol. The van der Waals surface area contributed by atoms with Crippen LogP contribution >= 0.6 is 11.6 Å². The Kier molecular flexibility index (Phi) is 7.41. The lowest BCUT2D eigenvalue weighted by Gasteiger charge is -2.19. The first-order valence-electron chi connectivity index (χ1n) is 11.0. The fourth-order valence-corrected chi connectivity index (χ4v) is 4.04. The lowest BCUT2D eigenvalue weighted by Crippen LogP contribution is -2.36. The van der Waals surface area contributed by atoms with Gasteiger partial charge in [-0.05, 0) is 43.3 Å². The van der Waals surface area contributed by atoms with Crippen LogP contribution in [0.15, 0.2) is 60.7 Å². The summed E-state index contributed by atoms with van der Waals surface area (Å²) in [6, 6.07) is 17.1. The summed E-state index contributed by atoms with van der Waals surface area (Å²) in [7, 11) is 1.48. The van der Waals surface area contributed by atoms with Crippen molar-refractivity contribution in [3.05, 3.63) is 82.6 Å². The van der Waals surface area contributed by atoms with Crippen molar-refractivity contribution < 1.29 is 23.5 Å². The van der Waals surface area contributed by atoms with Crippen molar-refractivity contribution >= 4 is 34.8 Å². The smallest absolute Gasteiger partial charge is 0.243 e. The molecule has 3 aromatic carbocycles. The van der Waals surface area contributed by atoms with Crippen LogP contribution < -0.4 is 25.2 Å². The molecule has 7 nitrogen and oxygen atoms in total. The molecule has 1 heterocycles. The molecule has 3 aromatic rings. The van der Waals surface area contributed by atoms with Crippen molar-refractivity contribution in [2.24, 2.45) is 5.92 Å². The van der Waals surface area contributed by atoms with Crippen LogP contribution in [0.2, 0.25) is 5.02 Å². The highest BCUT2D eigenvalue weighted by molar-refractivity contribution is 6.31. The number of aryl methyl sites for hydroxylation is 1. The zero-order valence-electron chi connectivity index (χ0n) is 19.3. The molecule has 9 heteroatoms. The molecule has 0 saturated carbocycles. The average molecular weight is 498 g/mol. The van der Waals surface area contributed by atoms with Gasteiger partial charge >= 0.3 is 0 Å². The maximum atomic E-state index is 14.2. The number of rotatable bonds is 8. The van der Waals surface area contributed by atoms with Gasteiger partial charge in [-0.15, -0.1) is 0 Å². The van der Waals surface area contributed by atoms with Gasteiger partial charge in [-0.25, -0.2) is 4.39 Å². The maximum Gasteiger partial charge on any atom is 0.243 e. The van der Waals surface area contributed by atoms with E-state index in [9.17, 15) is 14.0 Å². The number of hydrogen-bond donors (Lipinski definition) is 2. The summed E-state index contributed by atoms with van der Waals surface area (Å²) in [5, 5.41) is 0.242. The van der Waals surface area contributed by atoms with Crippen molar-refractivity contribution in [3.63, 3.8) is 0 Å². The Labute approximate surface area is 207 Å². The van der Waals surface area contributed by atoms with E-state index in [1.54, 1.807) is 29.2 Å². The lowest BCUT2D eigenvalue weighted by atomic mass is 10.1. The third-order valence-electron chi connectivity index (χ3n) is 5.78. The largest absolute Gasteiger partial charge is 0.493 e. The number of methoxy groups -OCH3 is 1. The number of ether oxygens (including phenoxy) is 2. The van der Waals surface area contributed by atoms with Gasteiger partial charge in [0.2, 0.25) is 11.8 Å². The van der Waals surface area contributed by atoms with Gasteiger partial charge in [0.15, 0.2) is 11.5 Å². The molecule has 2 amide bonds. The first kappa shape index (κ1) is 24.3. The molecule has 1 atom stereocenters. The molecule has 1 fully saturated rings. The Morgan fingerprint density at radius 1 is 1.14 bits per heavy atom. The number of hydrogen-bond acceptors (Lipinski definition) is 5. The van der Waals surface area contributed by atoms with E-state index in [2.05, 4.69) is 10.9 Å². The van der Waals surface area contributed by atoms with Crippen LogP contribution in [0.3, 0.4) is 0 Å². The second kappa shape index (κ2) is 10.7. The summed E-state index contributed by atoms with van der Waals surface area (Å²) in [5.74, 6) is -0.792. The Morgan fingerprint density at radius 2 is 1.89 bits per heavy atom. The molecule has 1 aliphatic rings. The van der Waals surface area contributed by atoms with Crippen LogP contribution in [-0.2, 0) is 16.2 Å². The number of carbonyl (C=O) groups excluding carboxylic acids is 2. The molecular formula is C26H25ClFN3O4. The standard InChI is InChI=1S/C26H25ClFN3O4/c1-16-9-11-18(12-10-16)31-14-17(13-24(31)32)26(33)30-29-22-7-4-8-23(34-2)25(22)35-15-19-20(27)5-3-6-21(19)28/h3-12,17,29H,13-15H2,1-2H3,(H,30,33)/t17-/m0/s1. The van der Waals surface area contributed by atoms with E-state index in [-0.39, 0.29) is 47.7 Å². The van der Waals surface area contributed by atoms with Gasteiger partial charge in [-0.1, -0.05) is 41.4 Å². The number of nitrogens with one attached hydrogen (secondary N) is 2. The minimum Gasteiger partial charge on any atom is -0.493 e. The zero-order chi connectivity index (χ0) is 24.9. The highest BCUT2D eigenvalue weighted by Crippen LogP contribution is 2.36. The molecule has 1 saturated heterocycles. The Balaban J connectivity index is 1.43. The third kappa shape index (κ3) is 5.49. The van der Waals surface area contributed by atoms with E-state index >= 15 is 0 Å². The van der Waals surface area contributed by atoms with E-state index in [0.29, 0.717) is 11.4 Å². The number of anilines is 2. The predicted octanol–water partition coefficient (Wildman–Crippen LogP) is 4.87. The first-order valence-corrected chi connectivity index (χ1v) is 11.4. The van der Waals surface area contributed by atoms with Crippen LogP contribution in [0.25, 0.3) is 0 Å². The molecule has 0 unspecified atom stereocenters. The van der Waals surface area contributed by atoms with Gasteiger partial charge in [0.05, 0.1) is 23.7 Å². The molecule has 0 aliphatic carbocycles. The minimum atomic E-state index is -0.525. The fourth-order valence-electron chi connectivity index (χ4n) is 3.83. The number of hydrazine groups is 1. The summed E-state index contributed by atoms with van der Waals surface area (Å²) in [6.45, 7) is 2.11. The number of para-hydroxylation sites is 1. The summed E-state index contributed by atoms with van der Waals surface area (Å²) in [5.41, 5.74) is 7.96. The van der Waals surface area contributed by atoms with Crippen molar-refractivity contribution in [2.45, 2.75) is 20.0 Å². The van der Waals surface area contributed by atoms with Crippen LogP contribution in [0, 0.1) is 18.7 Å². The molecule has 4 rings (SSSR count). The Bertz CT molecular complexity index is 1220. The van der Waals surface area contributed by atoms with Gasteiger partial charge in [0, 0.05) is 24.2 Å². The molecule has 2 N–H and O–H groups in total. The monoisotopic (exact) mass is 497 g/mol. The SMILES string of the molecule is COc1cccc(NNC(=O)[C@H]2CC(=O)N(c3ccc(C)cc3)C2)c1OCc1c(F)cccc1Cl. The maximum absolute atomic E-state index is 14.2. The molecule has 0 bridgehead atoms. The predicted molar refractivity (Wildman–Crippen MR) is 132 cm³/mol. The second-order valence-electron chi connectivity index (χ2n) is 8.18. The lowest BCUT2D eigenvalue weighted by molar-refractivity contribution is -0.125. The molecule has 182 valence electrons. The van der Waals surface area contributed by atoms with Crippen LogP contribution in [0.1, 0.15) is 17.5 Å². The topological polar surface area (TPSA) is 79.9 Å². The van der Waals surface area contributed by atoms with E-state index < -0.39 is 11.7 Å². The molecule has 0 aromatic heterocycles. The van der Waals surface area contributed by atoms with E-state index in [4.69, 9.17) is 21.1 Å². The number of halogens is 2. The van der Waals surface area contributed by atoms with Crippen molar-refractivity contribution in [2.75, 3.05) is 24.0 Å². The van der Waals surface area contributed by atoms with E-state index in [1.165, 1.54) is 19.2 Å². The second-order valence-corrected chi connectivity index (χ2v) is 8.59. The van der Waals surface area contributed by atoms with Gasteiger partial charge in [-0.3, -0.25) is 20.4 Å². The van der Waals surface area contributed by atoms with Crippen molar-refractivity contribution in [3.8, 4) is 11.5 Å². The first-order chi connectivity index (χ1) is 16.9. The Morgan fingerprint density at radius 3 is 2.60 bits per heavy atom. The number of carbonyl (C=O) groups is 2. The van der Waals surface area contributed by atoms with Gasteiger partial charge in [0.1, 0.15) is 12.4 Å². The van der Waals surface area contributed by atoms with Crippen LogP contribution in [0.4, 0.5) is 15.8 Å². The third-order valence-corrected chi connectivity index (χ3v) is 6.14. The van der Waals surface area contributed by atoms with Crippen LogP contribution in [0.5, 0.6) is 11.5 Å². The minimum absolute atomic E-state index is 0.106. The number of benzene rings is 3. The van der Waals surface area contributed by atoms with E-state index in [0.717, 1.165) is 11.3 Å². The number of amides is 2. The van der Waals surface area contributed by atoms with Crippen molar-refractivity contribution in [1.29, 1.82) is 0 Å². The summed E-state index contributed by atoms with van der Waals surface area (Å²) < 4.78 is 25.4. The molecule has 0 radical (unpaired) electrons. The summed E-state index contributed by atoms with van der Waals surface area (Å²) in [6.07, 6.45) is 0.106. The summed E-state index contributed by atoms with van der Waals surface area (Å²) in [4.78, 5) is 27.0. The van der Waals surface area contributed by atoms with E-state index in [1.807, 2.05) is 31.2 Å². The normalized spacial score (nSPS) is 15.1. The van der Waals surface area contributed by atoms with Crippen LogP contribution in [-0.4, -0.2) is 25.5 Å². The summed E-state index contributed by atoms with van der Waals surface area (Å²) >= 11 is 6.10. The zero-order valence-corrected chi connectivity index (χ0v) is 20.1. The fraction of sp³-hybridized carbons (Fsp3) is 0.231. The van der Waals surface area contributed by atoms with Gasteiger partial charge in [0.25, 0.3) is 0 Å². The van der Waals surface area contributed by atoms with Gasteiger partial charge in [-0.2, -0.15) is 0 Å². The van der Waals surface area contributed by atoms with Gasteiger partial charge < -0.3 is 14.4 Å². The Hall–Kier alpha value is -3.78. The van der Waals surface area contributed by atoms with Crippen molar-refractivity contribution in [1.82, 2.24) is 5.43 Å². The number of nitrogens with zero attached hydrogens (tertiary/aromatic N) is 1. The highest BCUT2D eigenvalue weighted by Gasteiger charge is 2.35.